The molecule has 0 aliphatic rings. The van der Waals surface area contributed by atoms with Crippen LogP contribution >= 0.6 is 0 Å². The van der Waals surface area contributed by atoms with Crippen LogP contribution in [0.25, 0.3) is 0 Å². The van der Waals surface area contributed by atoms with E-state index in [9.17, 15) is 4.79 Å². The molecule has 0 aliphatic heterocycles. The second kappa shape index (κ2) is 4.87. The quantitative estimate of drug-likeness (QED) is 0.763. The van der Waals surface area contributed by atoms with Crippen LogP contribution in [0.4, 0.5) is 0 Å². The molecule has 72 valence electrons. The molecule has 0 aliphatic carbocycles. The lowest BCUT2D eigenvalue weighted by Gasteiger charge is -2.03. The number of ether oxygens (including phenoxy) is 1. The lowest BCUT2D eigenvalue weighted by atomic mass is 10.2. The Hall–Kier alpha value is -2.02. The van der Waals surface area contributed by atoms with Crippen molar-refractivity contribution in [2.75, 3.05) is 6.61 Å². The monoisotopic (exact) mass is 190 g/mol. The minimum absolute atomic E-state index is 0.194. The molecule has 0 heterocycles. The summed E-state index contributed by atoms with van der Waals surface area (Å²) in [5.74, 6) is 0.240. The molecule has 1 amide bonds. The average Bonchev–Trinajstić information content (AvgIpc) is 2.18. The molecule has 1 aromatic rings. The lowest BCUT2D eigenvalue weighted by Crippen LogP contribution is -2.14. The number of nitrogens with two attached hydrogens (primary N) is 1. The molecule has 0 radical (unpaired) electrons. The van der Waals surface area contributed by atoms with E-state index in [0.29, 0.717) is 11.3 Å². The highest BCUT2D eigenvalue weighted by Gasteiger charge is 1.96. The first-order valence-electron chi connectivity index (χ1n) is 4.13. The third-order valence-electron chi connectivity index (χ3n) is 1.60. The first-order valence-corrected chi connectivity index (χ1v) is 4.13. The lowest BCUT2D eigenvalue weighted by molar-refractivity contribution is -0.118. The SMILES string of the molecule is N#Cc1ccc(OCCC(N)=O)cc1. The second-order valence-corrected chi connectivity index (χ2v) is 2.70. The third-order valence-corrected chi connectivity index (χ3v) is 1.60. The number of carbonyl (C=O) groups excluding carboxylic acids is 1. The number of hydrogen-bond acceptors (Lipinski definition) is 3. The summed E-state index contributed by atoms with van der Waals surface area (Å²) in [7, 11) is 0. The van der Waals surface area contributed by atoms with Crippen molar-refractivity contribution in [3.05, 3.63) is 29.8 Å². The van der Waals surface area contributed by atoms with Gasteiger partial charge in [0.2, 0.25) is 5.91 Å². The van der Waals surface area contributed by atoms with E-state index in [2.05, 4.69) is 0 Å². The zero-order chi connectivity index (χ0) is 10.4. The Labute approximate surface area is 81.9 Å². The number of nitrogens with zero attached hydrogens (tertiary/aromatic N) is 1. The minimum atomic E-state index is -0.390. The first-order chi connectivity index (χ1) is 6.72. The normalized spacial score (nSPS) is 9.07. The van der Waals surface area contributed by atoms with Gasteiger partial charge in [0.05, 0.1) is 24.7 Å². The summed E-state index contributed by atoms with van der Waals surface area (Å²) in [5, 5.41) is 8.53. The summed E-state index contributed by atoms with van der Waals surface area (Å²) < 4.78 is 5.21. The molecule has 0 saturated carbocycles. The molecule has 0 fully saturated rings. The molecule has 0 unspecified atom stereocenters. The van der Waals surface area contributed by atoms with Crippen LogP contribution in [0, 0.1) is 11.3 Å². The van der Waals surface area contributed by atoms with Crippen molar-refractivity contribution in [2.45, 2.75) is 6.42 Å². The maximum atomic E-state index is 10.4. The van der Waals surface area contributed by atoms with Crippen molar-refractivity contribution in [3.8, 4) is 11.8 Å². The summed E-state index contributed by atoms with van der Waals surface area (Å²) in [6.45, 7) is 0.265. The van der Waals surface area contributed by atoms with E-state index in [4.69, 9.17) is 15.7 Å². The minimum Gasteiger partial charge on any atom is -0.493 e. The van der Waals surface area contributed by atoms with Crippen LogP contribution < -0.4 is 10.5 Å². The predicted molar refractivity (Wildman–Crippen MR) is 50.5 cm³/mol. The van der Waals surface area contributed by atoms with Crippen LogP contribution in [0.2, 0.25) is 0 Å². The number of amides is 1. The van der Waals surface area contributed by atoms with Gasteiger partial charge in [0.15, 0.2) is 0 Å². The van der Waals surface area contributed by atoms with Crippen molar-refractivity contribution >= 4 is 5.91 Å². The van der Waals surface area contributed by atoms with E-state index in [-0.39, 0.29) is 13.0 Å². The fourth-order valence-corrected chi connectivity index (χ4v) is 0.895. The molecule has 4 heteroatoms. The Morgan fingerprint density at radius 3 is 2.57 bits per heavy atom. The molecule has 2 N–H and O–H groups in total. The van der Waals surface area contributed by atoms with Crippen molar-refractivity contribution in [1.82, 2.24) is 0 Å². The molecule has 0 bridgehead atoms. The smallest absolute Gasteiger partial charge is 0.220 e. The Kier molecular flexibility index (Phi) is 3.50. The largest absolute Gasteiger partial charge is 0.493 e. The van der Waals surface area contributed by atoms with E-state index in [0.717, 1.165) is 0 Å². The van der Waals surface area contributed by atoms with Gasteiger partial charge in [-0.3, -0.25) is 4.79 Å². The van der Waals surface area contributed by atoms with Gasteiger partial charge in [-0.1, -0.05) is 0 Å². The third kappa shape index (κ3) is 3.15. The standard InChI is InChI=1S/C10H10N2O2/c11-7-8-1-3-9(4-2-8)14-6-5-10(12)13/h1-4H,5-6H2,(H2,12,13). The number of primary amides is 1. The molecule has 1 rings (SSSR count). The van der Waals surface area contributed by atoms with Crippen LogP contribution in [0.5, 0.6) is 5.75 Å². The molecular formula is C10H10N2O2. The van der Waals surface area contributed by atoms with E-state index in [1.54, 1.807) is 24.3 Å². The van der Waals surface area contributed by atoms with Crippen molar-refractivity contribution < 1.29 is 9.53 Å². The Bertz CT molecular complexity index is 351. The zero-order valence-electron chi connectivity index (χ0n) is 7.56. The number of hydrogen-bond donors (Lipinski definition) is 1. The summed E-state index contributed by atoms with van der Waals surface area (Å²) in [6, 6.07) is 8.66. The summed E-state index contributed by atoms with van der Waals surface area (Å²) in [6.07, 6.45) is 0.194. The fraction of sp³-hybridized carbons (Fsp3) is 0.200. The van der Waals surface area contributed by atoms with Gasteiger partial charge < -0.3 is 10.5 Å². The van der Waals surface area contributed by atoms with Gasteiger partial charge in [-0.15, -0.1) is 0 Å². The van der Waals surface area contributed by atoms with E-state index in [1.807, 2.05) is 6.07 Å². The molecule has 0 saturated heterocycles. The maximum absolute atomic E-state index is 10.4. The number of nitriles is 1. The summed E-state index contributed by atoms with van der Waals surface area (Å²) in [4.78, 5) is 10.4. The topological polar surface area (TPSA) is 76.1 Å². The number of carbonyl (C=O) groups is 1. The maximum Gasteiger partial charge on any atom is 0.220 e. The van der Waals surface area contributed by atoms with Crippen LogP contribution in [0.1, 0.15) is 12.0 Å². The van der Waals surface area contributed by atoms with Crippen LogP contribution in [-0.4, -0.2) is 12.5 Å². The molecule has 14 heavy (non-hydrogen) atoms. The Balaban J connectivity index is 2.45. The Morgan fingerprint density at radius 2 is 2.07 bits per heavy atom. The Morgan fingerprint density at radius 1 is 1.43 bits per heavy atom. The van der Waals surface area contributed by atoms with E-state index in [1.165, 1.54) is 0 Å². The summed E-state index contributed by atoms with van der Waals surface area (Å²) in [5.41, 5.74) is 5.52. The van der Waals surface area contributed by atoms with Gasteiger partial charge >= 0.3 is 0 Å². The van der Waals surface area contributed by atoms with E-state index < -0.39 is 5.91 Å². The first kappa shape index (κ1) is 10.1. The van der Waals surface area contributed by atoms with Gasteiger partial charge in [-0.05, 0) is 24.3 Å². The summed E-state index contributed by atoms with van der Waals surface area (Å²) >= 11 is 0. The molecular weight excluding hydrogens is 180 g/mol. The van der Waals surface area contributed by atoms with Gasteiger partial charge in [0, 0.05) is 0 Å². The van der Waals surface area contributed by atoms with Crippen LogP contribution in [0.3, 0.4) is 0 Å². The zero-order valence-corrected chi connectivity index (χ0v) is 7.56. The van der Waals surface area contributed by atoms with Gasteiger partial charge in [0.1, 0.15) is 5.75 Å². The molecule has 1 aromatic carbocycles. The predicted octanol–water partition coefficient (Wildman–Crippen LogP) is 0.812. The van der Waals surface area contributed by atoms with E-state index >= 15 is 0 Å². The van der Waals surface area contributed by atoms with Crippen LogP contribution in [-0.2, 0) is 4.79 Å². The fourth-order valence-electron chi connectivity index (χ4n) is 0.895. The van der Waals surface area contributed by atoms with Gasteiger partial charge in [0.25, 0.3) is 0 Å². The highest BCUT2D eigenvalue weighted by Crippen LogP contribution is 2.11. The number of rotatable bonds is 4. The number of benzene rings is 1. The molecule has 4 nitrogen and oxygen atoms in total. The molecule has 0 aromatic heterocycles. The average molecular weight is 190 g/mol. The van der Waals surface area contributed by atoms with Gasteiger partial charge in [-0.2, -0.15) is 5.26 Å². The van der Waals surface area contributed by atoms with Crippen molar-refractivity contribution in [3.63, 3.8) is 0 Å². The van der Waals surface area contributed by atoms with Crippen molar-refractivity contribution in [1.29, 1.82) is 5.26 Å². The van der Waals surface area contributed by atoms with Crippen molar-refractivity contribution in [2.24, 2.45) is 5.73 Å². The van der Waals surface area contributed by atoms with Crippen LogP contribution in [0.15, 0.2) is 24.3 Å². The molecule has 0 atom stereocenters. The second-order valence-electron chi connectivity index (χ2n) is 2.70. The molecule has 0 spiro atoms. The van der Waals surface area contributed by atoms with Gasteiger partial charge in [-0.25, -0.2) is 0 Å². The highest BCUT2D eigenvalue weighted by molar-refractivity contribution is 5.73. The highest BCUT2D eigenvalue weighted by atomic mass is 16.5.